The highest BCUT2D eigenvalue weighted by Crippen LogP contribution is 2.28. The van der Waals surface area contributed by atoms with E-state index in [-0.39, 0.29) is 28.8 Å². The summed E-state index contributed by atoms with van der Waals surface area (Å²) < 4.78 is 12.1. The lowest BCUT2D eigenvalue weighted by molar-refractivity contribution is 0.0303. The van der Waals surface area contributed by atoms with Crippen molar-refractivity contribution < 1.29 is 14.3 Å². The number of morpholine rings is 1. The highest BCUT2D eigenvalue weighted by Gasteiger charge is 2.21. The van der Waals surface area contributed by atoms with Gasteiger partial charge in [0.25, 0.3) is 11.5 Å². The molecule has 1 aliphatic heterocycles. The van der Waals surface area contributed by atoms with Gasteiger partial charge in [-0.25, -0.2) is 15.0 Å². The average Bonchev–Trinajstić information content (AvgIpc) is 3.05. The van der Waals surface area contributed by atoms with Crippen LogP contribution < -0.4 is 21.8 Å². The SMILES string of the molecule is CCc1nc2cccc(-c3ccnc(OC)c3)c2c(=O)n1-c1ccccc1.Nc1ncc(C(=O)N2CCOCC2)c(N)n1. The van der Waals surface area contributed by atoms with Gasteiger partial charge in [0.15, 0.2) is 0 Å². The van der Waals surface area contributed by atoms with Crippen molar-refractivity contribution in [1.29, 1.82) is 0 Å². The van der Waals surface area contributed by atoms with Gasteiger partial charge in [-0.15, -0.1) is 0 Å². The number of fused-ring (bicyclic) bond motifs is 1. The van der Waals surface area contributed by atoms with Crippen LogP contribution in [0.25, 0.3) is 27.7 Å². The molecule has 1 fully saturated rings. The molecule has 0 saturated carbocycles. The number of anilines is 2. The number of pyridine rings is 1. The predicted molar refractivity (Wildman–Crippen MR) is 164 cm³/mol. The van der Waals surface area contributed by atoms with E-state index in [2.05, 4.69) is 15.0 Å². The molecular weight excluding hydrogens is 548 g/mol. The Bertz CT molecular complexity index is 1800. The third-order valence-corrected chi connectivity index (χ3v) is 6.92. The number of aromatic nitrogens is 5. The summed E-state index contributed by atoms with van der Waals surface area (Å²) in [5.74, 6) is 1.25. The lowest BCUT2D eigenvalue weighted by atomic mass is 10.0. The first-order valence-corrected chi connectivity index (χ1v) is 13.8. The van der Waals surface area contributed by atoms with Crippen molar-refractivity contribution in [2.45, 2.75) is 13.3 Å². The number of benzene rings is 2. The summed E-state index contributed by atoms with van der Waals surface area (Å²) in [5.41, 5.74) is 14.4. The van der Waals surface area contributed by atoms with Crippen LogP contribution in [0.1, 0.15) is 23.1 Å². The van der Waals surface area contributed by atoms with E-state index in [1.165, 1.54) is 6.20 Å². The third kappa shape index (κ3) is 6.28. The molecule has 5 aromatic rings. The number of para-hydroxylation sites is 1. The van der Waals surface area contributed by atoms with Crippen molar-refractivity contribution >= 4 is 28.6 Å². The monoisotopic (exact) mass is 580 g/mol. The summed E-state index contributed by atoms with van der Waals surface area (Å²) in [6.07, 6.45) is 3.69. The van der Waals surface area contributed by atoms with Gasteiger partial charge in [0.1, 0.15) is 17.2 Å². The first kappa shape index (κ1) is 29.1. The molecule has 2 aromatic carbocycles. The van der Waals surface area contributed by atoms with Gasteiger partial charge in [-0.05, 0) is 35.4 Å². The van der Waals surface area contributed by atoms with Crippen molar-refractivity contribution in [1.82, 2.24) is 29.4 Å². The highest BCUT2D eigenvalue weighted by atomic mass is 16.5. The van der Waals surface area contributed by atoms with E-state index in [0.29, 0.717) is 49.5 Å². The zero-order valence-electron chi connectivity index (χ0n) is 23.9. The fourth-order valence-corrected chi connectivity index (χ4v) is 4.80. The van der Waals surface area contributed by atoms with Crippen LogP contribution in [0.3, 0.4) is 0 Å². The number of carbonyl (C=O) groups excluding carboxylic acids is 1. The minimum Gasteiger partial charge on any atom is -0.481 e. The Kier molecular flexibility index (Phi) is 8.87. The highest BCUT2D eigenvalue weighted by molar-refractivity contribution is 5.98. The molecule has 220 valence electrons. The van der Waals surface area contributed by atoms with Crippen molar-refractivity contribution in [3.63, 3.8) is 0 Å². The molecule has 4 heterocycles. The molecule has 1 amide bonds. The zero-order valence-corrected chi connectivity index (χ0v) is 23.9. The summed E-state index contributed by atoms with van der Waals surface area (Å²) in [4.78, 5) is 43.6. The molecule has 3 aromatic heterocycles. The van der Waals surface area contributed by atoms with Gasteiger partial charge in [0.2, 0.25) is 11.8 Å². The van der Waals surface area contributed by atoms with E-state index in [0.717, 1.165) is 22.6 Å². The number of amides is 1. The van der Waals surface area contributed by atoms with Crippen LogP contribution >= 0.6 is 0 Å². The van der Waals surface area contributed by atoms with Gasteiger partial charge in [-0.1, -0.05) is 37.3 Å². The maximum Gasteiger partial charge on any atom is 0.266 e. The number of hydrogen-bond donors (Lipinski definition) is 2. The van der Waals surface area contributed by atoms with Gasteiger partial charge >= 0.3 is 0 Å². The topological polar surface area (TPSA) is 164 Å². The van der Waals surface area contributed by atoms with E-state index < -0.39 is 0 Å². The van der Waals surface area contributed by atoms with E-state index >= 15 is 0 Å². The van der Waals surface area contributed by atoms with E-state index in [9.17, 15) is 9.59 Å². The Balaban J connectivity index is 0.000000196. The second-order valence-corrected chi connectivity index (χ2v) is 9.58. The minimum atomic E-state index is -0.180. The van der Waals surface area contributed by atoms with Gasteiger partial charge in [0.05, 0.1) is 36.9 Å². The van der Waals surface area contributed by atoms with Crippen LogP contribution in [0.15, 0.2) is 77.9 Å². The number of methoxy groups -OCH3 is 1. The van der Waals surface area contributed by atoms with E-state index in [1.807, 2.05) is 67.6 Å². The predicted octanol–water partition coefficient (Wildman–Crippen LogP) is 3.13. The largest absolute Gasteiger partial charge is 0.481 e. The van der Waals surface area contributed by atoms with Crippen molar-refractivity contribution in [3.05, 3.63) is 94.8 Å². The lowest BCUT2D eigenvalue weighted by Gasteiger charge is -2.26. The van der Waals surface area contributed by atoms with Gasteiger partial charge in [-0.3, -0.25) is 14.2 Å². The Morgan fingerprint density at radius 1 is 1.00 bits per heavy atom. The number of hydrogen-bond acceptors (Lipinski definition) is 10. The minimum absolute atomic E-state index is 0.0658. The molecular formula is C31H32N8O4. The fourth-order valence-electron chi connectivity index (χ4n) is 4.80. The maximum atomic E-state index is 13.5. The molecule has 12 heteroatoms. The Morgan fingerprint density at radius 3 is 2.47 bits per heavy atom. The summed E-state index contributed by atoms with van der Waals surface area (Å²) in [7, 11) is 1.58. The number of nitrogen functional groups attached to an aromatic ring is 2. The van der Waals surface area contributed by atoms with Crippen molar-refractivity contribution in [2.24, 2.45) is 0 Å². The normalized spacial score (nSPS) is 12.8. The number of aryl methyl sites for hydroxylation is 1. The van der Waals surface area contributed by atoms with E-state index in [4.69, 9.17) is 25.9 Å². The first-order valence-electron chi connectivity index (χ1n) is 13.8. The number of carbonyl (C=O) groups is 1. The summed E-state index contributed by atoms with van der Waals surface area (Å²) in [6.45, 7) is 4.21. The molecule has 12 nitrogen and oxygen atoms in total. The van der Waals surface area contributed by atoms with Gasteiger partial charge < -0.3 is 25.8 Å². The maximum absolute atomic E-state index is 13.5. The summed E-state index contributed by atoms with van der Waals surface area (Å²) >= 11 is 0. The standard InChI is InChI=1S/C22H19N3O2.C9H13N5O2/c1-3-19-24-18-11-7-10-17(15-12-13-23-20(14-15)27-2)21(18)22(26)25(19)16-8-5-4-6-9-16;10-7-6(5-12-9(11)13-7)8(15)14-1-3-16-4-2-14/h4-14H,3H2,1-2H3;5H,1-4H2,(H4,10,11,12,13). The molecule has 43 heavy (non-hydrogen) atoms. The zero-order chi connectivity index (χ0) is 30.3. The Labute approximate surface area is 248 Å². The molecule has 0 spiro atoms. The second kappa shape index (κ2) is 13.1. The average molecular weight is 581 g/mol. The summed E-state index contributed by atoms with van der Waals surface area (Å²) in [5, 5.41) is 0.590. The molecule has 1 saturated heterocycles. The number of nitrogens with two attached hydrogens (primary N) is 2. The third-order valence-electron chi connectivity index (χ3n) is 6.92. The second-order valence-electron chi connectivity index (χ2n) is 9.58. The van der Waals surface area contributed by atoms with Crippen LogP contribution in [0, 0.1) is 0 Å². The quantitative estimate of drug-likeness (QED) is 0.316. The molecule has 0 radical (unpaired) electrons. The molecule has 0 bridgehead atoms. The van der Waals surface area contributed by atoms with Crippen LogP contribution in [-0.2, 0) is 11.2 Å². The van der Waals surface area contributed by atoms with Gasteiger partial charge in [0, 0.05) is 38.0 Å². The number of nitrogens with zero attached hydrogens (tertiary/aromatic N) is 6. The number of ether oxygens (including phenoxy) is 2. The van der Waals surface area contributed by atoms with Crippen molar-refractivity contribution in [2.75, 3.05) is 44.9 Å². The van der Waals surface area contributed by atoms with Crippen LogP contribution in [0.4, 0.5) is 11.8 Å². The van der Waals surface area contributed by atoms with E-state index in [1.54, 1.807) is 22.8 Å². The molecule has 6 rings (SSSR count). The molecule has 0 atom stereocenters. The van der Waals surface area contributed by atoms with Crippen molar-refractivity contribution in [3.8, 4) is 22.7 Å². The van der Waals surface area contributed by atoms with Crippen LogP contribution in [0.5, 0.6) is 5.88 Å². The Hall–Kier alpha value is -5.36. The summed E-state index contributed by atoms with van der Waals surface area (Å²) in [6, 6.07) is 19.1. The Morgan fingerprint density at radius 2 is 1.77 bits per heavy atom. The molecule has 1 aliphatic rings. The van der Waals surface area contributed by atoms with Crippen LogP contribution in [0.2, 0.25) is 0 Å². The van der Waals surface area contributed by atoms with Crippen LogP contribution in [-0.4, -0.2) is 68.7 Å². The fraction of sp³-hybridized carbons (Fsp3) is 0.226. The first-order chi connectivity index (χ1) is 20.9. The lowest BCUT2D eigenvalue weighted by Crippen LogP contribution is -2.41. The number of rotatable bonds is 5. The van der Waals surface area contributed by atoms with Gasteiger partial charge in [-0.2, -0.15) is 4.98 Å². The molecule has 0 unspecified atom stereocenters. The smallest absolute Gasteiger partial charge is 0.266 e. The molecule has 4 N–H and O–H groups in total. The molecule has 0 aliphatic carbocycles.